The highest BCUT2D eigenvalue weighted by atomic mass is 32.2. The highest BCUT2D eigenvalue weighted by Crippen LogP contribution is 2.26. The summed E-state index contributed by atoms with van der Waals surface area (Å²) in [6.45, 7) is 3.23. The molecule has 0 aliphatic heterocycles. The first-order valence-corrected chi connectivity index (χ1v) is 10.3. The maximum atomic E-state index is 12.9. The number of hydrogen-bond acceptors (Lipinski definition) is 8. The van der Waals surface area contributed by atoms with Crippen LogP contribution in [0.4, 0.5) is 5.69 Å². The number of nitro groups is 1. The van der Waals surface area contributed by atoms with Crippen molar-refractivity contribution in [3.05, 3.63) is 57.3 Å². The van der Waals surface area contributed by atoms with Crippen LogP contribution in [0, 0.1) is 17.0 Å². The molecule has 9 nitrogen and oxygen atoms in total. The largest absolute Gasteiger partial charge is 0.337 e. The summed E-state index contributed by atoms with van der Waals surface area (Å²) in [7, 11) is -3.96. The van der Waals surface area contributed by atoms with Crippen LogP contribution < -0.4 is 0 Å². The SMILES string of the molecule is CCN(Cc1nc(-c2cccs2)no1)S(=O)(=O)c1ccc(C)c([N+](=O)[O-])c1. The third-order valence-electron chi connectivity index (χ3n) is 3.89. The quantitative estimate of drug-likeness (QED) is 0.435. The van der Waals surface area contributed by atoms with Crippen molar-refractivity contribution >= 4 is 27.0 Å². The number of hydrogen-bond donors (Lipinski definition) is 0. The molecule has 1 aromatic carbocycles. The lowest BCUT2D eigenvalue weighted by Crippen LogP contribution is -2.30. The summed E-state index contributed by atoms with van der Waals surface area (Å²) in [6.07, 6.45) is 0. The van der Waals surface area contributed by atoms with Gasteiger partial charge in [-0.25, -0.2) is 8.42 Å². The minimum atomic E-state index is -3.96. The summed E-state index contributed by atoms with van der Waals surface area (Å²) in [5.41, 5.74) is 0.143. The molecule has 0 aliphatic carbocycles. The van der Waals surface area contributed by atoms with E-state index in [2.05, 4.69) is 10.1 Å². The Morgan fingerprint density at radius 1 is 1.33 bits per heavy atom. The Bertz CT molecular complexity index is 1060. The van der Waals surface area contributed by atoms with Gasteiger partial charge in [-0.3, -0.25) is 10.1 Å². The number of sulfonamides is 1. The molecule has 3 rings (SSSR count). The molecular weight excluding hydrogens is 392 g/mol. The molecule has 0 aliphatic rings. The first-order valence-electron chi connectivity index (χ1n) is 7.94. The van der Waals surface area contributed by atoms with Crippen LogP contribution in [0.1, 0.15) is 18.4 Å². The molecule has 0 fully saturated rings. The van der Waals surface area contributed by atoms with Crippen LogP contribution in [0.15, 0.2) is 45.1 Å². The Morgan fingerprint density at radius 2 is 2.11 bits per heavy atom. The molecule has 11 heteroatoms. The summed E-state index contributed by atoms with van der Waals surface area (Å²) in [5.74, 6) is 0.532. The van der Waals surface area contributed by atoms with Crippen LogP contribution in [0.2, 0.25) is 0 Å². The van der Waals surface area contributed by atoms with Crippen molar-refractivity contribution in [2.24, 2.45) is 0 Å². The second-order valence-electron chi connectivity index (χ2n) is 5.63. The fraction of sp³-hybridized carbons (Fsp3) is 0.250. The topological polar surface area (TPSA) is 119 Å². The van der Waals surface area contributed by atoms with Crippen LogP contribution in [0.5, 0.6) is 0 Å². The standard InChI is InChI=1S/C16H16N4O5S2/c1-3-19(10-15-17-16(18-25-15)14-5-4-8-26-14)27(23,24)12-7-6-11(2)13(9-12)20(21)22/h4-9H,3,10H2,1-2H3. The predicted octanol–water partition coefficient (Wildman–Crippen LogP) is 3.23. The molecule has 0 spiro atoms. The highest BCUT2D eigenvalue weighted by molar-refractivity contribution is 7.89. The smallest absolute Gasteiger partial charge is 0.273 e. The van der Waals surface area contributed by atoms with Crippen LogP contribution >= 0.6 is 11.3 Å². The molecule has 142 valence electrons. The van der Waals surface area contributed by atoms with Crippen molar-refractivity contribution in [1.29, 1.82) is 0 Å². The Morgan fingerprint density at radius 3 is 2.74 bits per heavy atom. The van der Waals surface area contributed by atoms with E-state index >= 15 is 0 Å². The molecule has 0 atom stereocenters. The molecule has 2 heterocycles. The summed E-state index contributed by atoms with van der Waals surface area (Å²) in [6, 6.07) is 7.52. The first kappa shape index (κ1) is 19.1. The minimum absolute atomic E-state index is 0.126. The van der Waals surface area contributed by atoms with E-state index in [1.807, 2.05) is 17.5 Å². The number of nitrogens with zero attached hydrogens (tertiary/aromatic N) is 4. The van der Waals surface area contributed by atoms with Crippen LogP contribution in [0.25, 0.3) is 10.7 Å². The molecular formula is C16H16N4O5S2. The zero-order valence-corrected chi connectivity index (χ0v) is 16.2. The van der Waals surface area contributed by atoms with E-state index in [1.165, 1.54) is 23.5 Å². The molecule has 0 saturated carbocycles. The molecule has 0 amide bonds. The Balaban J connectivity index is 1.88. The van der Waals surface area contributed by atoms with E-state index in [0.717, 1.165) is 15.2 Å². The van der Waals surface area contributed by atoms with E-state index in [4.69, 9.17) is 4.52 Å². The third-order valence-corrected chi connectivity index (χ3v) is 6.67. The maximum absolute atomic E-state index is 12.9. The summed E-state index contributed by atoms with van der Waals surface area (Å²) >= 11 is 1.44. The van der Waals surface area contributed by atoms with Crippen LogP contribution in [-0.4, -0.2) is 34.3 Å². The van der Waals surface area contributed by atoms with Gasteiger partial charge in [-0.1, -0.05) is 24.2 Å². The van der Waals surface area contributed by atoms with Gasteiger partial charge < -0.3 is 4.52 Å². The van der Waals surface area contributed by atoms with Crippen molar-refractivity contribution < 1.29 is 17.9 Å². The van der Waals surface area contributed by atoms with Crippen molar-refractivity contribution in [1.82, 2.24) is 14.4 Å². The molecule has 2 aromatic heterocycles. The van der Waals surface area contributed by atoms with Gasteiger partial charge in [-0.2, -0.15) is 9.29 Å². The second kappa shape index (κ2) is 7.55. The lowest BCUT2D eigenvalue weighted by atomic mass is 10.2. The number of rotatable bonds is 7. The van der Waals surface area contributed by atoms with E-state index in [0.29, 0.717) is 11.4 Å². The Kier molecular flexibility index (Phi) is 5.35. The lowest BCUT2D eigenvalue weighted by molar-refractivity contribution is -0.385. The van der Waals surface area contributed by atoms with Crippen molar-refractivity contribution in [3.8, 4) is 10.7 Å². The van der Waals surface area contributed by atoms with Crippen LogP contribution in [0.3, 0.4) is 0 Å². The van der Waals surface area contributed by atoms with Crippen LogP contribution in [-0.2, 0) is 16.6 Å². The van der Waals surface area contributed by atoms with Crippen molar-refractivity contribution in [2.45, 2.75) is 25.3 Å². The number of benzene rings is 1. The maximum Gasteiger partial charge on any atom is 0.273 e. The van der Waals surface area contributed by atoms with Gasteiger partial charge >= 0.3 is 0 Å². The molecule has 0 radical (unpaired) electrons. The van der Waals surface area contributed by atoms with Gasteiger partial charge in [0.15, 0.2) is 0 Å². The van der Waals surface area contributed by atoms with E-state index in [1.54, 1.807) is 13.8 Å². The highest BCUT2D eigenvalue weighted by Gasteiger charge is 2.27. The predicted molar refractivity (Wildman–Crippen MR) is 98.7 cm³/mol. The molecule has 0 N–H and O–H groups in total. The van der Waals surface area contributed by atoms with Gasteiger partial charge in [-0.05, 0) is 24.4 Å². The number of thiophene rings is 1. The van der Waals surface area contributed by atoms with Gasteiger partial charge in [0.25, 0.3) is 5.69 Å². The summed E-state index contributed by atoms with van der Waals surface area (Å²) < 4.78 is 32.1. The Labute approximate surface area is 159 Å². The molecule has 3 aromatic rings. The van der Waals surface area contributed by atoms with Gasteiger partial charge in [0, 0.05) is 18.2 Å². The number of aryl methyl sites for hydroxylation is 1. The van der Waals surface area contributed by atoms with Gasteiger partial charge in [0.2, 0.25) is 21.7 Å². The monoisotopic (exact) mass is 408 g/mol. The average molecular weight is 408 g/mol. The summed E-state index contributed by atoms with van der Waals surface area (Å²) in [4.78, 5) is 15.4. The fourth-order valence-corrected chi connectivity index (χ4v) is 4.51. The van der Waals surface area contributed by atoms with E-state index in [-0.39, 0.29) is 29.6 Å². The zero-order valence-electron chi connectivity index (χ0n) is 14.5. The average Bonchev–Trinajstić information content (AvgIpc) is 3.30. The normalized spacial score (nSPS) is 11.8. The van der Waals surface area contributed by atoms with Gasteiger partial charge in [0.05, 0.1) is 21.2 Å². The van der Waals surface area contributed by atoms with E-state index < -0.39 is 14.9 Å². The fourth-order valence-electron chi connectivity index (χ4n) is 2.44. The zero-order chi connectivity index (χ0) is 19.6. The Hall–Kier alpha value is -2.63. The summed E-state index contributed by atoms with van der Waals surface area (Å²) in [5, 5.41) is 16.8. The third kappa shape index (κ3) is 3.89. The van der Waals surface area contributed by atoms with Gasteiger partial charge in [-0.15, -0.1) is 11.3 Å². The first-order chi connectivity index (χ1) is 12.8. The molecule has 27 heavy (non-hydrogen) atoms. The molecule has 0 bridgehead atoms. The number of aromatic nitrogens is 2. The van der Waals surface area contributed by atoms with Gasteiger partial charge in [0.1, 0.15) is 0 Å². The lowest BCUT2D eigenvalue weighted by Gasteiger charge is -2.18. The minimum Gasteiger partial charge on any atom is -0.337 e. The molecule has 0 saturated heterocycles. The van der Waals surface area contributed by atoms with E-state index in [9.17, 15) is 18.5 Å². The van der Waals surface area contributed by atoms with Crippen molar-refractivity contribution in [3.63, 3.8) is 0 Å². The number of nitro benzene ring substituents is 1. The molecule has 0 unspecified atom stereocenters. The second-order valence-corrected chi connectivity index (χ2v) is 8.51. The van der Waals surface area contributed by atoms with Crippen molar-refractivity contribution in [2.75, 3.05) is 6.54 Å².